The Morgan fingerprint density at radius 2 is 2.18 bits per heavy atom. The van der Waals surface area contributed by atoms with Crippen LogP contribution in [0.15, 0.2) is 18.3 Å². The molecule has 0 bridgehead atoms. The van der Waals surface area contributed by atoms with E-state index in [0.717, 1.165) is 24.4 Å². The van der Waals surface area contributed by atoms with E-state index in [1.54, 1.807) is 0 Å². The van der Waals surface area contributed by atoms with Gasteiger partial charge in [-0.15, -0.1) is 0 Å². The molecule has 1 aliphatic carbocycles. The third-order valence-electron chi connectivity index (χ3n) is 3.72. The van der Waals surface area contributed by atoms with E-state index in [1.165, 1.54) is 18.4 Å². The minimum atomic E-state index is 0.378. The van der Waals surface area contributed by atoms with Gasteiger partial charge in [-0.2, -0.15) is 0 Å². The van der Waals surface area contributed by atoms with Crippen LogP contribution in [-0.2, 0) is 0 Å². The van der Waals surface area contributed by atoms with E-state index in [0.29, 0.717) is 16.2 Å². The summed E-state index contributed by atoms with van der Waals surface area (Å²) in [5, 5.41) is 4.48. The fraction of sp³-hybridized carbons (Fsp3) is 0.462. The van der Waals surface area contributed by atoms with Gasteiger partial charge in [-0.1, -0.05) is 29.3 Å². The van der Waals surface area contributed by atoms with Crippen molar-refractivity contribution in [3.63, 3.8) is 0 Å². The largest absolute Gasteiger partial charge is 0.310 e. The Hall–Kier alpha value is -0.570. The van der Waals surface area contributed by atoms with E-state index in [2.05, 4.69) is 16.4 Å². The van der Waals surface area contributed by atoms with Crippen LogP contribution in [0.5, 0.6) is 0 Å². The standard InChI is InChI=1S/C13H14Cl2N2/c14-11-6-9(7-17-13(11)15)10-3-1-2-8-4-5-16-12(8)10/h3,6-8,12,16H,1-2,4-5H2/t8-,12+/m0/s1. The van der Waals surface area contributed by atoms with Gasteiger partial charge in [-0.3, -0.25) is 0 Å². The molecule has 2 nitrogen and oxygen atoms in total. The monoisotopic (exact) mass is 268 g/mol. The zero-order valence-corrected chi connectivity index (χ0v) is 10.9. The highest BCUT2D eigenvalue weighted by Crippen LogP contribution is 2.36. The molecule has 1 aliphatic heterocycles. The van der Waals surface area contributed by atoms with Crippen LogP contribution >= 0.6 is 23.2 Å². The smallest absolute Gasteiger partial charge is 0.147 e. The van der Waals surface area contributed by atoms with E-state index < -0.39 is 0 Å². The SMILES string of the molecule is Clc1cc(C2=CCC[C@H]3CCN[C@@H]23)cnc1Cl. The van der Waals surface area contributed by atoms with Crippen molar-refractivity contribution in [2.75, 3.05) is 6.54 Å². The van der Waals surface area contributed by atoms with Crippen molar-refractivity contribution in [1.29, 1.82) is 0 Å². The number of rotatable bonds is 1. The van der Waals surface area contributed by atoms with Crippen LogP contribution in [0.3, 0.4) is 0 Å². The topological polar surface area (TPSA) is 24.9 Å². The van der Waals surface area contributed by atoms with E-state index in [4.69, 9.17) is 23.2 Å². The van der Waals surface area contributed by atoms with Gasteiger partial charge in [-0.05, 0) is 48.9 Å². The van der Waals surface area contributed by atoms with Gasteiger partial charge < -0.3 is 5.32 Å². The summed E-state index contributed by atoms with van der Waals surface area (Å²) in [7, 11) is 0. The molecule has 2 atom stereocenters. The number of aromatic nitrogens is 1. The van der Waals surface area contributed by atoms with Crippen molar-refractivity contribution >= 4 is 28.8 Å². The van der Waals surface area contributed by atoms with Crippen molar-refractivity contribution in [1.82, 2.24) is 10.3 Å². The maximum Gasteiger partial charge on any atom is 0.147 e. The summed E-state index contributed by atoms with van der Waals surface area (Å²) in [6.45, 7) is 1.11. The highest BCUT2D eigenvalue weighted by Gasteiger charge is 2.32. The Bertz CT molecular complexity index is 470. The molecule has 0 saturated carbocycles. The summed E-state index contributed by atoms with van der Waals surface area (Å²) in [5.74, 6) is 0.768. The molecule has 1 N–H and O–H groups in total. The van der Waals surface area contributed by atoms with Gasteiger partial charge in [0.25, 0.3) is 0 Å². The van der Waals surface area contributed by atoms with E-state index in [9.17, 15) is 0 Å². The summed E-state index contributed by atoms with van der Waals surface area (Å²) in [5.41, 5.74) is 2.44. The van der Waals surface area contributed by atoms with Crippen LogP contribution in [-0.4, -0.2) is 17.6 Å². The number of allylic oxidation sites excluding steroid dienone is 1. The van der Waals surface area contributed by atoms with E-state index in [1.807, 2.05) is 12.3 Å². The number of halogens is 2. The second-order valence-corrected chi connectivity index (χ2v) is 5.48. The fourth-order valence-electron chi connectivity index (χ4n) is 2.89. The van der Waals surface area contributed by atoms with Gasteiger partial charge in [-0.25, -0.2) is 4.98 Å². The third-order valence-corrected chi connectivity index (χ3v) is 4.40. The van der Waals surface area contributed by atoms with E-state index in [-0.39, 0.29) is 0 Å². The number of pyridine rings is 1. The lowest BCUT2D eigenvalue weighted by Gasteiger charge is -2.27. The first kappa shape index (κ1) is 11.5. The zero-order chi connectivity index (χ0) is 11.8. The van der Waals surface area contributed by atoms with Crippen LogP contribution in [0.1, 0.15) is 24.8 Å². The van der Waals surface area contributed by atoms with Crippen molar-refractivity contribution in [2.24, 2.45) is 5.92 Å². The summed E-state index contributed by atoms with van der Waals surface area (Å²) in [6.07, 6.45) is 7.84. The normalized spacial score (nSPS) is 27.8. The molecular weight excluding hydrogens is 255 g/mol. The molecule has 3 rings (SSSR count). The third kappa shape index (κ3) is 2.10. The minimum Gasteiger partial charge on any atom is -0.310 e. The summed E-state index contributed by atoms with van der Waals surface area (Å²) < 4.78 is 0. The molecule has 4 heteroatoms. The maximum absolute atomic E-state index is 6.03. The molecule has 0 radical (unpaired) electrons. The van der Waals surface area contributed by atoms with Crippen LogP contribution in [0, 0.1) is 5.92 Å². The average Bonchev–Trinajstić information content (AvgIpc) is 2.80. The predicted octanol–water partition coefficient (Wildman–Crippen LogP) is 3.54. The lowest BCUT2D eigenvalue weighted by Crippen LogP contribution is -2.30. The number of nitrogens with zero attached hydrogens (tertiary/aromatic N) is 1. The number of hydrogen-bond donors (Lipinski definition) is 1. The summed E-state index contributed by atoms with van der Waals surface area (Å²) >= 11 is 11.9. The first-order chi connectivity index (χ1) is 8.25. The molecule has 1 saturated heterocycles. The summed E-state index contributed by atoms with van der Waals surface area (Å²) in [6, 6.07) is 2.40. The Labute approximate surface area is 111 Å². The number of nitrogens with one attached hydrogen (secondary N) is 1. The first-order valence-corrected chi connectivity index (χ1v) is 6.76. The maximum atomic E-state index is 6.03. The molecule has 1 aromatic rings. The van der Waals surface area contributed by atoms with Gasteiger partial charge in [0.05, 0.1) is 5.02 Å². The number of hydrogen-bond acceptors (Lipinski definition) is 2. The Morgan fingerprint density at radius 1 is 1.29 bits per heavy atom. The minimum absolute atomic E-state index is 0.378. The second-order valence-electron chi connectivity index (χ2n) is 4.71. The lowest BCUT2D eigenvalue weighted by atomic mass is 9.82. The van der Waals surface area contributed by atoms with Crippen molar-refractivity contribution < 1.29 is 0 Å². The van der Waals surface area contributed by atoms with Crippen LogP contribution < -0.4 is 5.32 Å². The molecule has 0 amide bonds. The molecule has 0 aromatic carbocycles. The Morgan fingerprint density at radius 3 is 3.00 bits per heavy atom. The molecule has 90 valence electrons. The van der Waals surface area contributed by atoms with Crippen LogP contribution in [0.25, 0.3) is 5.57 Å². The summed E-state index contributed by atoms with van der Waals surface area (Å²) in [4.78, 5) is 4.13. The highest BCUT2D eigenvalue weighted by molar-refractivity contribution is 6.41. The van der Waals surface area contributed by atoms with Gasteiger partial charge in [0, 0.05) is 12.2 Å². The van der Waals surface area contributed by atoms with Gasteiger partial charge in [0.1, 0.15) is 5.15 Å². The van der Waals surface area contributed by atoms with Crippen LogP contribution in [0.2, 0.25) is 10.2 Å². The Kier molecular flexibility index (Phi) is 3.12. The van der Waals surface area contributed by atoms with Crippen molar-refractivity contribution in [3.8, 4) is 0 Å². The van der Waals surface area contributed by atoms with Crippen LogP contribution in [0.4, 0.5) is 0 Å². The van der Waals surface area contributed by atoms with Gasteiger partial charge in [0.2, 0.25) is 0 Å². The van der Waals surface area contributed by atoms with E-state index >= 15 is 0 Å². The molecule has 1 aromatic heterocycles. The molecule has 1 fully saturated rings. The zero-order valence-electron chi connectivity index (χ0n) is 9.42. The van der Waals surface area contributed by atoms with Gasteiger partial charge in [0.15, 0.2) is 0 Å². The molecule has 2 heterocycles. The first-order valence-electron chi connectivity index (χ1n) is 6.00. The quantitative estimate of drug-likeness (QED) is 0.789. The average molecular weight is 269 g/mol. The fourth-order valence-corrected chi connectivity index (χ4v) is 3.16. The lowest BCUT2D eigenvalue weighted by molar-refractivity contribution is 0.470. The Balaban J connectivity index is 1.97. The van der Waals surface area contributed by atoms with Crippen molar-refractivity contribution in [2.45, 2.75) is 25.3 Å². The molecular formula is C13H14Cl2N2. The second kappa shape index (κ2) is 4.60. The molecule has 2 aliphatic rings. The van der Waals surface area contributed by atoms with Gasteiger partial charge >= 0.3 is 0 Å². The highest BCUT2D eigenvalue weighted by atomic mass is 35.5. The predicted molar refractivity (Wildman–Crippen MR) is 71.4 cm³/mol. The molecule has 0 spiro atoms. The van der Waals surface area contributed by atoms with Crippen molar-refractivity contribution in [3.05, 3.63) is 34.1 Å². The molecule has 0 unspecified atom stereocenters. The molecule has 17 heavy (non-hydrogen) atoms. The number of fused-ring (bicyclic) bond motifs is 1.